The van der Waals surface area contributed by atoms with Crippen LogP contribution in [-0.4, -0.2) is 30.4 Å². The van der Waals surface area contributed by atoms with E-state index >= 15 is 0 Å². The van der Waals surface area contributed by atoms with Crippen LogP contribution in [0.5, 0.6) is 0 Å². The molecular weight excluding hydrogens is 180 g/mol. The fourth-order valence-corrected chi connectivity index (χ4v) is 1.04. The van der Waals surface area contributed by atoms with Crippen molar-refractivity contribution in [2.75, 3.05) is 0 Å². The molecule has 0 spiro atoms. The van der Waals surface area contributed by atoms with Crippen LogP contribution in [0.15, 0.2) is 5.16 Å². The van der Waals surface area contributed by atoms with Crippen LogP contribution in [0.3, 0.4) is 0 Å². The molecule has 1 heterocycles. The molecule has 0 unspecified atom stereocenters. The molecule has 0 bridgehead atoms. The molecule has 6 nitrogen and oxygen atoms in total. The Bertz CT molecular complexity index is 262. The van der Waals surface area contributed by atoms with Crippen molar-refractivity contribution in [1.29, 1.82) is 0 Å². The average Bonchev–Trinajstić information content (AvgIpc) is 2.52. The zero-order valence-electron chi connectivity index (χ0n) is 6.51. The van der Waals surface area contributed by atoms with Gasteiger partial charge in [0.15, 0.2) is 0 Å². The SMILES string of the molecule is [CH2]Sc1nnnn1C(O)(O)CC. The molecule has 0 aliphatic carbocycles. The summed E-state index contributed by atoms with van der Waals surface area (Å²) >= 11 is 1.00. The molecule has 0 aliphatic rings. The lowest BCUT2D eigenvalue weighted by molar-refractivity contribution is -0.243. The largest absolute Gasteiger partial charge is 0.347 e. The predicted molar refractivity (Wildman–Crippen MR) is 41.7 cm³/mol. The Labute approximate surface area is 73.6 Å². The Morgan fingerprint density at radius 2 is 2.33 bits per heavy atom. The quantitative estimate of drug-likeness (QED) is 0.495. The van der Waals surface area contributed by atoms with Crippen LogP contribution in [0.2, 0.25) is 0 Å². The molecule has 1 rings (SSSR count). The topological polar surface area (TPSA) is 84.1 Å². The number of hydrogen-bond acceptors (Lipinski definition) is 6. The first-order chi connectivity index (χ1) is 5.61. The molecule has 1 aromatic heterocycles. The van der Waals surface area contributed by atoms with Crippen LogP contribution in [0.1, 0.15) is 13.3 Å². The number of rotatable bonds is 3. The lowest BCUT2D eigenvalue weighted by Gasteiger charge is -2.19. The minimum Gasteiger partial charge on any atom is -0.347 e. The summed E-state index contributed by atoms with van der Waals surface area (Å²) in [6.45, 7) is 1.61. The van der Waals surface area contributed by atoms with Gasteiger partial charge >= 0.3 is 0 Å². The maximum atomic E-state index is 9.33. The molecule has 67 valence electrons. The fourth-order valence-electron chi connectivity index (χ4n) is 0.643. The second-order valence-electron chi connectivity index (χ2n) is 2.15. The van der Waals surface area contributed by atoms with E-state index < -0.39 is 5.91 Å². The summed E-state index contributed by atoms with van der Waals surface area (Å²) in [6.07, 6.45) is 3.57. The standard InChI is InChI=1S/C5H9N4O2S/c1-3-5(10,11)9-4(12-2)6-7-8-9/h10-11H,2-3H2,1H3. The van der Waals surface area contributed by atoms with Gasteiger partial charge in [-0.2, -0.15) is 4.68 Å². The van der Waals surface area contributed by atoms with E-state index in [1.807, 2.05) is 0 Å². The zero-order chi connectivity index (χ0) is 9.19. The molecule has 0 aliphatic heterocycles. The lowest BCUT2D eigenvalue weighted by atomic mass is 10.4. The van der Waals surface area contributed by atoms with Gasteiger partial charge in [0.05, 0.1) is 0 Å². The van der Waals surface area contributed by atoms with E-state index in [2.05, 4.69) is 21.8 Å². The van der Waals surface area contributed by atoms with Crippen molar-refractivity contribution in [1.82, 2.24) is 20.2 Å². The van der Waals surface area contributed by atoms with Gasteiger partial charge in [0.1, 0.15) is 0 Å². The summed E-state index contributed by atoms with van der Waals surface area (Å²) in [7, 11) is 0. The number of hydrogen-bond donors (Lipinski definition) is 2. The first-order valence-electron chi connectivity index (χ1n) is 3.27. The van der Waals surface area contributed by atoms with E-state index in [4.69, 9.17) is 0 Å². The van der Waals surface area contributed by atoms with E-state index in [1.54, 1.807) is 6.92 Å². The Kier molecular flexibility index (Phi) is 2.65. The Balaban J connectivity index is 3.00. The van der Waals surface area contributed by atoms with Gasteiger partial charge < -0.3 is 10.2 Å². The molecule has 0 aromatic carbocycles. The minimum atomic E-state index is -2.02. The molecule has 0 amide bonds. The van der Waals surface area contributed by atoms with Gasteiger partial charge in [0, 0.05) is 12.7 Å². The normalized spacial score (nSPS) is 12.0. The van der Waals surface area contributed by atoms with Crippen molar-refractivity contribution < 1.29 is 10.2 Å². The van der Waals surface area contributed by atoms with Gasteiger partial charge in [-0.3, -0.25) is 0 Å². The van der Waals surface area contributed by atoms with Crippen LogP contribution in [0, 0.1) is 6.26 Å². The zero-order valence-corrected chi connectivity index (χ0v) is 7.32. The van der Waals surface area contributed by atoms with E-state index in [0.717, 1.165) is 16.4 Å². The van der Waals surface area contributed by atoms with Gasteiger partial charge in [0.25, 0.3) is 5.91 Å². The van der Waals surface area contributed by atoms with Crippen molar-refractivity contribution >= 4 is 11.8 Å². The second kappa shape index (κ2) is 3.38. The molecule has 1 radical (unpaired) electrons. The van der Waals surface area contributed by atoms with Gasteiger partial charge in [-0.15, -0.1) is 5.10 Å². The van der Waals surface area contributed by atoms with Crippen molar-refractivity contribution in [2.45, 2.75) is 24.4 Å². The van der Waals surface area contributed by atoms with Crippen LogP contribution >= 0.6 is 11.8 Å². The first kappa shape index (κ1) is 9.43. The lowest BCUT2D eigenvalue weighted by Crippen LogP contribution is -2.33. The third kappa shape index (κ3) is 1.57. The molecule has 7 heteroatoms. The van der Waals surface area contributed by atoms with E-state index in [1.165, 1.54) is 0 Å². The molecular formula is C5H9N4O2S. The number of aliphatic hydroxyl groups is 2. The summed E-state index contributed by atoms with van der Waals surface area (Å²) in [6, 6.07) is 0. The maximum Gasteiger partial charge on any atom is 0.269 e. The first-order valence-corrected chi connectivity index (χ1v) is 4.26. The van der Waals surface area contributed by atoms with E-state index in [0.29, 0.717) is 0 Å². The second-order valence-corrected chi connectivity index (χ2v) is 2.80. The average molecular weight is 189 g/mol. The molecule has 0 saturated heterocycles. The van der Waals surface area contributed by atoms with Crippen LogP contribution in [0.4, 0.5) is 0 Å². The van der Waals surface area contributed by atoms with Gasteiger partial charge in [-0.05, 0) is 10.4 Å². The Morgan fingerprint density at radius 3 is 2.83 bits per heavy atom. The van der Waals surface area contributed by atoms with Crippen molar-refractivity contribution in [3.05, 3.63) is 6.26 Å². The number of tetrazole rings is 1. The summed E-state index contributed by atoms with van der Waals surface area (Å²) in [5.74, 6) is -2.02. The van der Waals surface area contributed by atoms with Gasteiger partial charge in [-0.25, -0.2) is 0 Å². The summed E-state index contributed by atoms with van der Waals surface area (Å²) < 4.78 is 0.921. The number of nitrogens with zero attached hydrogens (tertiary/aromatic N) is 4. The third-order valence-corrected chi connectivity index (χ3v) is 1.90. The van der Waals surface area contributed by atoms with Crippen molar-refractivity contribution in [3.63, 3.8) is 0 Å². The summed E-state index contributed by atoms with van der Waals surface area (Å²) in [5.41, 5.74) is 0. The van der Waals surface area contributed by atoms with E-state index in [9.17, 15) is 10.2 Å². The highest BCUT2D eigenvalue weighted by molar-refractivity contribution is 8.00. The highest BCUT2D eigenvalue weighted by Gasteiger charge is 2.27. The summed E-state index contributed by atoms with van der Waals surface area (Å²) in [5, 5.41) is 29.2. The van der Waals surface area contributed by atoms with Crippen LogP contribution in [0.25, 0.3) is 0 Å². The number of aromatic nitrogens is 4. The monoisotopic (exact) mass is 189 g/mol. The predicted octanol–water partition coefficient (Wildman–Crippen LogP) is -0.438. The Hall–Kier alpha value is -0.660. The minimum absolute atomic E-state index is 0.103. The Morgan fingerprint density at radius 1 is 1.67 bits per heavy atom. The molecule has 1 aromatic rings. The van der Waals surface area contributed by atoms with Crippen LogP contribution in [-0.2, 0) is 5.91 Å². The molecule has 0 fully saturated rings. The smallest absolute Gasteiger partial charge is 0.269 e. The van der Waals surface area contributed by atoms with Crippen molar-refractivity contribution in [3.8, 4) is 0 Å². The third-order valence-electron chi connectivity index (χ3n) is 1.38. The highest BCUT2D eigenvalue weighted by Crippen LogP contribution is 2.19. The van der Waals surface area contributed by atoms with Crippen LogP contribution < -0.4 is 0 Å². The highest BCUT2D eigenvalue weighted by atomic mass is 32.2. The molecule has 12 heavy (non-hydrogen) atoms. The fraction of sp³-hybridized carbons (Fsp3) is 0.600. The molecule has 2 N–H and O–H groups in total. The van der Waals surface area contributed by atoms with Crippen molar-refractivity contribution in [2.24, 2.45) is 0 Å². The van der Waals surface area contributed by atoms with Gasteiger partial charge in [-0.1, -0.05) is 18.7 Å². The molecule has 0 saturated carbocycles. The summed E-state index contributed by atoms with van der Waals surface area (Å²) in [4.78, 5) is 0. The van der Waals surface area contributed by atoms with E-state index in [-0.39, 0.29) is 11.6 Å². The molecule has 0 atom stereocenters. The maximum absolute atomic E-state index is 9.33. The van der Waals surface area contributed by atoms with Gasteiger partial charge in [0.2, 0.25) is 5.16 Å². The number of thioether (sulfide) groups is 1.